The summed E-state index contributed by atoms with van der Waals surface area (Å²) in [5, 5.41) is 9.50. The zero-order valence-corrected chi connectivity index (χ0v) is 19.2. The van der Waals surface area contributed by atoms with Gasteiger partial charge in [0.15, 0.2) is 11.0 Å². The molecular formula is C21H29N5O2S2. The molecule has 1 aliphatic heterocycles. The molecule has 7 nitrogen and oxygen atoms in total. The van der Waals surface area contributed by atoms with Gasteiger partial charge in [-0.05, 0) is 49.7 Å². The van der Waals surface area contributed by atoms with Crippen LogP contribution in [-0.4, -0.2) is 50.3 Å². The van der Waals surface area contributed by atoms with Crippen molar-refractivity contribution in [3.8, 4) is 10.7 Å². The molecule has 2 N–H and O–H groups in total. The molecule has 1 atom stereocenters. The van der Waals surface area contributed by atoms with Gasteiger partial charge in [-0.2, -0.15) is 0 Å². The second-order valence-corrected chi connectivity index (χ2v) is 10.4. The Labute approximate surface area is 185 Å². The molecule has 1 aliphatic carbocycles. The fraction of sp³-hybridized carbons (Fsp3) is 0.619. The number of hydrogen-bond acceptors (Lipinski definition) is 6. The summed E-state index contributed by atoms with van der Waals surface area (Å²) in [6, 6.07) is 2.29. The lowest BCUT2D eigenvalue weighted by atomic mass is 9.87. The third-order valence-electron chi connectivity index (χ3n) is 6.39. The van der Waals surface area contributed by atoms with E-state index in [1.54, 1.807) is 0 Å². The standard InChI is InChI=1S/C21H29N5O2S2/c1-3-13-4-5-16-15(10-13)11-17(30-16)20-23-24-21(25(20)2)29-12-18(27)26-8-6-14(7-9-26)19(22)28/h11,13-14H,3-10,12H2,1-2H3,(H2,22,28). The summed E-state index contributed by atoms with van der Waals surface area (Å²) in [6.45, 7) is 3.46. The van der Waals surface area contributed by atoms with Gasteiger partial charge in [0.05, 0.1) is 10.6 Å². The molecule has 2 aromatic rings. The first kappa shape index (κ1) is 21.4. The zero-order valence-electron chi connectivity index (χ0n) is 17.6. The van der Waals surface area contributed by atoms with Gasteiger partial charge in [0.25, 0.3) is 0 Å². The number of carbonyl (C=O) groups is 2. The van der Waals surface area contributed by atoms with Crippen LogP contribution in [0.2, 0.25) is 0 Å². The van der Waals surface area contributed by atoms with E-state index in [0.29, 0.717) is 31.7 Å². The fourth-order valence-corrected chi connectivity index (χ4v) is 6.39. The van der Waals surface area contributed by atoms with Crippen molar-refractivity contribution in [1.82, 2.24) is 19.7 Å². The van der Waals surface area contributed by atoms with Crippen LogP contribution >= 0.6 is 23.1 Å². The molecule has 2 amide bonds. The third-order valence-corrected chi connectivity index (χ3v) is 8.63. The molecule has 9 heteroatoms. The average Bonchev–Trinajstić information content (AvgIpc) is 3.34. The van der Waals surface area contributed by atoms with E-state index in [1.807, 2.05) is 27.9 Å². The number of carbonyl (C=O) groups excluding carboxylic acids is 2. The minimum absolute atomic E-state index is 0.0738. The fourth-order valence-electron chi connectivity index (χ4n) is 4.34. The summed E-state index contributed by atoms with van der Waals surface area (Å²) in [5.74, 6) is 1.71. The molecule has 162 valence electrons. The normalized spacial score (nSPS) is 19.7. The minimum atomic E-state index is -0.261. The van der Waals surface area contributed by atoms with Crippen molar-refractivity contribution < 1.29 is 9.59 Å². The molecule has 0 bridgehead atoms. The highest BCUT2D eigenvalue weighted by Gasteiger charge is 2.26. The molecule has 1 unspecified atom stereocenters. The smallest absolute Gasteiger partial charge is 0.233 e. The van der Waals surface area contributed by atoms with Crippen molar-refractivity contribution in [3.05, 3.63) is 16.5 Å². The maximum absolute atomic E-state index is 12.6. The van der Waals surface area contributed by atoms with Crippen molar-refractivity contribution >= 4 is 34.9 Å². The monoisotopic (exact) mass is 447 g/mol. The molecule has 1 fully saturated rings. The Kier molecular flexibility index (Phi) is 6.48. The van der Waals surface area contributed by atoms with E-state index < -0.39 is 0 Å². The maximum Gasteiger partial charge on any atom is 0.233 e. The van der Waals surface area contributed by atoms with Crippen LogP contribution in [-0.2, 0) is 29.5 Å². The highest BCUT2D eigenvalue weighted by atomic mass is 32.2. The van der Waals surface area contributed by atoms with Crippen molar-refractivity contribution in [2.45, 2.75) is 50.6 Å². The van der Waals surface area contributed by atoms with Crippen LogP contribution in [0.1, 0.15) is 43.0 Å². The first-order chi connectivity index (χ1) is 14.5. The van der Waals surface area contributed by atoms with E-state index in [0.717, 1.165) is 16.9 Å². The second kappa shape index (κ2) is 9.09. The number of primary amides is 1. The second-order valence-electron chi connectivity index (χ2n) is 8.29. The number of aromatic nitrogens is 3. The van der Waals surface area contributed by atoms with Gasteiger partial charge in [-0.15, -0.1) is 21.5 Å². The number of likely N-dealkylation sites (tertiary alicyclic amines) is 1. The first-order valence-electron chi connectivity index (χ1n) is 10.7. The molecular weight excluding hydrogens is 418 g/mol. The van der Waals surface area contributed by atoms with Gasteiger partial charge in [0.2, 0.25) is 11.8 Å². The molecule has 0 aromatic carbocycles. The van der Waals surface area contributed by atoms with Crippen molar-refractivity contribution in [1.29, 1.82) is 0 Å². The Bertz CT molecular complexity index is 930. The summed E-state index contributed by atoms with van der Waals surface area (Å²) in [6.07, 6.45) is 6.16. The largest absolute Gasteiger partial charge is 0.369 e. The summed E-state index contributed by atoms with van der Waals surface area (Å²) in [5.41, 5.74) is 6.84. The molecule has 2 aliphatic rings. The molecule has 0 spiro atoms. The van der Waals surface area contributed by atoms with Gasteiger partial charge >= 0.3 is 0 Å². The van der Waals surface area contributed by atoms with Gasteiger partial charge in [-0.25, -0.2) is 0 Å². The van der Waals surface area contributed by atoms with Crippen LogP contribution in [0.25, 0.3) is 10.7 Å². The van der Waals surface area contributed by atoms with E-state index in [9.17, 15) is 9.59 Å². The molecule has 0 radical (unpaired) electrons. The number of hydrogen-bond donors (Lipinski definition) is 1. The van der Waals surface area contributed by atoms with E-state index in [2.05, 4.69) is 23.2 Å². The molecule has 4 rings (SSSR count). The Hall–Kier alpha value is -1.87. The molecule has 0 saturated carbocycles. The number of nitrogens with two attached hydrogens (primary N) is 1. The predicted molar refractivity (Wildman–Crippen MR) is 119 cm³/mol. The molecule has 1 saturated heterocycles. The SMILES string of the molecule is CCC1CCc2sc(-c3nnc(SCC(=O)N4CCC(C(N)=O)CC4)n3C)cc2C1. The molecule has 2 aromatic heterocycles. The topological polar surface area (TPSA) is 94.1 Å². The minimum Gasteiger partial charge on any atom is -0.369 e. The highest BCUT2D eigenvalue weighted by molar-refractivity contribution is 7.99. The quantitative estimate of drug-likeness (QED) is 0.687. The van der Waals surface area contributed by atoms with E-state index in [1.165, 1.54) is 52.8 Å². The number of rotatable bonds is 6. The zero-order chi connectivity index (χ0) is 21.3. The van der Waals surface area contributed by atoms with Crippen LogP contribution in [0.3, 0.4) is 0 Å². The number of nitrogens with zero attached hydrogens (tertiary/aromatic N) is 4. The van der Waals surface area contributed by atoms with Gasteiger partial charge in [0, 0.05) is 30.9 Å². The lowest BCUT2D eigenvalue weighted by Crippen LogP contribution is -2.42. The van der Waals surface area contributed by atoms with E-state index in [4.69, 9.17) is 5.73 Å². The molecule has 3 heterocycles. The van der Waals surface area contributed by atoms with Crippen molar-refractivity contribution in [2.75, 3.05) is 18.8 Å². The summed E-state index contributed by atoms with van der Waals surface area (Å²) < 4.78 is 1.99. The number of fused-ring (bicyclic) bond motifs is 1. The Morgan fingerprint density at radius 1 is 1.27 bits per heavy atom. The van der Waals surface area contributed by atoms with Gasteiger partial charge in [-0.3, -0.25) is 9.59 Å². The summed E-state index contributed by atoms with van der Waals surface area (Å²) in [4.78, 5) is 28.3. The number of thiophene rings is 1. The highest BCUT2D eigenvalue weighted by Crippen LogP contribution is 2.38. The number of amides is 2. The average molecular weight is 448 g/mol. The lowest BCUT2D eigenvalue weighted by molar-refractivity contribution is -0.132. The van der Waals surface area contributed by atoms with Crippen LogP contribution < -0.4 is 5.73 Å². The summed E-state index contributed by atoms with van der Waals surface area (Å²) >= 11 is 3.25. The molecule has 30 heavy (non-hydrogen) atoms. The van der Waals surface area contributed by atoms with E-state index >= 15 is 0 Å². The van der Waals surface area contributed by atoms with Crippen LogP contribution in [0.15, 0.2) is 11.2 Å². The Balaban J connectivity index is 1.37. The van der Waals surface area contributed by atoms with E-state index in [-0.39, 0.29) is 17.7 Å². The summed E-state index contributed by atoms with van der Waals surface area (Å²) in [7, 11) is 1.97. The van der Waals surface area contributed by atoms with Crippen molar-refractivity contribution in [3.63, 3.8) is 0 Å². The van der Waals surface area contributed by atoms with Gasteiger partial charge in [0.1, 0.15) is 0 Å². The van der Waals surface area contributed by atoms with Crippen LogP contribution in [0.5, 0.6) is 0 Å². The predicted octanol–water partition coefficient (Wildman–Crippen LogP) is 2.87. The number of thioether (sulfide) groups is 1. The van der Waals surface area contributed by atoms with Crippen LogP contribution in [0.4, 0.5) is 0 Å². The number of aryl methyl sites for hydroxylation is 1. The van der Waals surface area contributed by atoms with Crippen molar-refractivity contribution in [2.24, 2.45) is 24.6 Å². The van der Waals surface area contributed by atoms with Gasteiger partial charge in [-0.1, -0.05) is 25.1 Å². The third kappa shape index (κ3) is 4.42. The Morgan fingerprint density at radius 3 is 2.73 bits per heavy atom. The Morgan fingerprint density at radius 2 is 2.03 bits per heavy atom. The maximum atomic E-state index is 12.6. The first-order valence-corrected chi connectivity index (χ1v) is 12.5. The number of piperidine rings is 1. The lowest BCUT2D eigenvalue weighted by Gasteiger charge is -2.30. The van der Waals surface area contributed by atoms with Gasteiger partial charge < -0.3 is 15.2 Å². The van der Waals surface area contributed by atoms with Crippen LogP contribution in [0, 0.1) is 11.8 Å².